The zero-order valence-corrected chi connectivity index (χ0v) is 10.9. The first-order valence-corrected chi connectivity index (χ1v) is 5.92. The molecule has 4 heteroatoms. The number of hydrogen-bond donors (Lipinski definition) is 1. The SMILES string of the molecule is CNC(c1cccc(Br)c1)c1ccn(C)n1. The summed E-state index contributed by atoms with van der Waals surface area (Å²) in [6, 6.07) is 10.4. The van der Waals surface area contributed by atoms with E-state index in [0.717, 1.165) is 10.2 Å². The van der Waals surface area contributed by atoms with Crippen LogP contribution < -0.4 is 5.32 Å². The molecule has 84 valence electrons. The van der Waals surface area contributed by atoms with Gasteiger partial charge in [-0.25, -0.2) is 0 Å². The molecular formula is C12H14BrN3. The van der Waals surface area contributed by atoms with Gasteiger partial charge in [-0.3, -0.25) is 4.68 Å². The van der Waals surface area contributed by atoms with Crippen molar-refractivity contribution in [2.45, 2.75) is 6.04 Å². The average Bonchev–Trinajstić information content (AvgIpc) is 2.66. The molecule has 0 aliphatic heterocycles. The fourth-order valence-electron chi connectivity index (χ4n) is 1.76. The summed E-state index contributed by atoms with van der Waals surface area (Å²) in [4.78, 5) is 0. The summed E-state index contributed by atoms with van der Waals surface area (Å²) in [6.07, 6.45) is 1.96. The van der Waals surface area contributed by atoms with E-state index >= 15 is 0 Å². The van der Waals surface area contributed by atoms with Gasteiger partial charge in [0.2, 0.25) is 0 Å². The Kier molecular flexibility index (Phi) is 3.41. The molecule has 0 amide bonds. The molecule has 2 aromatic rings. The maximum absolute atomic E-state index is 4.43. The topological polar surface area (TPSA) is 29.9 Å². The molecule has 2 rings (SSSR count). The van der Waals surface area contributed by atoms with Crippen molar-refractivity contribution in [1.82, 2.24) is 15.1 Å². The standard InChI is InChI=1S/C12H14BrN3/c1-14-12(11-6-7-16(2)15-11)9-4-3-5-10(13)8-9/h3-8,12,14H,1-2H3. The van der Waals surface area contributed by atoms with Crippen LogP contribution in [0.1, 0.15) is 17.3 Å². The molecule has 3 nitrogen and oxygen atoms in total. The van der Waals surface area contributed by atoms with Crippen molar-refractivity contribution >= 4 is 15.9 Å². The van der Waals surface area contributed by atoms with E-state index in [4.69, 9.17) is 0 Å². The van der Waals surface area contributed by atoms with Gasteiger partial charge in [-0.2, -0.15) is 5.10 Å². The first kappa shape index (κ1) is 11.4. The van der Waals surface area contributed by atoms with Crippen LogP contribution in [0.15, 0.2) is 41.0 Å². The van der Waals surface area contributed by atoms with Crippen molar-refractivity contribution in [2.24, 2.45) is 7.05 Å². The highest BCUT2D eigenvalue weighted by Crippen LogP contribution is 2.22. The molecule has 1 atom stereocenters. The third kappa shape index (κ3) is 2.33. The normalized spacial score (nSPS) is 12.7. The van der Waals surface area contributed by atoms with Crippen LogP contribution in [0.5, 0.6) is 0 Å². The lowest BCUT2D eigenvalue weighted by atomic mass is 10.0. The minimum atomic E-state index is 0.138. The van der Waals surface area contributed by atoms with Gasteiger partial charge < -0.3 is 5.32 Å². The van der Waals surface area contributed by atoms with Crippen molar-refractivity contribution in [2.75, 3.05) is 7.05 Å². The van der Waals surface area contributed by atoms with E-state index in [1.165, 1.54) is 5.56 Å². The average molecular weight is 280 g/mol. The zero-order valence-electron chi connectivity index (χ0n) is 9.31. The van der Waals surface area contributed by atoms with Gasteiger partial charge in [-0.1, -0.05) is 28.1 Å². The second-order valence-electron chi connectivity index (χ2n) is 3.69. The Bertz CT molecular complexity index is 479. The van der Waals surface area contributed by atoms with Gasteiger partial charge in [0.15, 0.2) is 0 Å². The quantitative estimate of drug-likeness (QED) is 0.936. The molecule has 1 N–H and O–H groups in total. The van der Waals surface area contributed by atoms with Gasteiger partial charge in [0.25, 0.3) is 0 Å². The summed E-state index contributed by atoms with van der Waals surface area (Å²) in [5.41, 5.74) is 2.23. The van der Waals surface area contributed by atoms with Crippen LogP contribution in [0.3, 0.4) is 0 Å². The fraction of sp³-hybridized carbons (Fsp3) is 0.250. The molecule has 1 aromatic heterocycles. The summed E-state index contributed by atoms with van der Waals surface area (Å²) in [5, 5.41) is 7.71. The number of hydrogen-bond acceptors (Lipinski definition) is 2. The molecule has 0 radical (unpaired) electrons. The maximum Gasteiger partial charge on any atom is 0.0839 e. The molecule has 1 aromatic carbocycles. The molecule has 16 heavy (non-hydrogen) atoms. The van der Waals surface area contributed by atoms with Gasteiger partial charge in [0, 0.05) is 17.7 Å². The number of aromatic nitrogens is 2. The third-order valence-corrected chi connectivity index (χ3v) is 2.99. The molecular weight excluding hydrogens is 266 g/mol. The molecule has 0 saturated heterocycles. The molecule has 0 saturated carbocycles. The highest BCUT2D eigenvalue weighted by molar-refractivity contribution is 9.10. The molecule has 0 fully saturated rings. The number of aryl methyl sites for hydroxylation is 1. The lowest BCUT2D eigenvalue weighted by molar-refractivity contribution is 0.642. The van der Waals surface area contributed by atoms with Crippen molar-refractivity contribution in [1.29, 1.82) is 0 Å². The summed E-state index contributed by atoms with van der Waals surface area (Å²) >= 11 is 3.48. The molecule has 0 aliphatic carbocycles. The molecule has 0 bridgehead atoms. The first-order chi connectivity index (χ1) is 7.70. The van der Waals surface area contributed by atoms with Gasteiger partial charge in [0.1, 0.15) is 0 Å². The predicted octanol–water partition coefficient (Wildman–Crippen LogP) is 2.49. The van der Waals surface area contributed by atoms with E-state index in [1.807, 2.05) is 43.2 Å². The van der Waals surface area contributed by atoms with E-state index in [1.54, 1.807) is 0 Å². The van der Waals surface area contributed by atoms with Gasteiger partial charge in [-0.15, -0.1) is 0 Å². The minimum Gasteiger partial charge on any atom is -0.308 e. The Morgan fingerprint density at radius 1 is 1.38 bits per heavy atom. The Morgan fingerprint density at radius 3 is 2.75 bits per heavy atom. The third-order valence-electron chi connectivity index (χ3n) is 2.50. The Morgan fingerprint density at radius 2 is 2.19 bits per heavy atom. The van der Waals surface area contributed by atoms with E-state index in [2.05, 4.69) is 38.5 Å². The van der Waals surface area contributed by atoms with Crippen LogP contribution in [-0.2, 0) is 7.05 Å². The maximum atomic E-state index is 4.43. The lowest BCUT2D eigenvalue weighted by Gasteiger charge is -2.14. The van der Waals surface area contributed by atoms with Crippen molar-refractivity contribution < 1.29 is 0 Å². The van der Waals surface area contributed by atoms with Crippen molar-refractivity contribution in [3.8, 4) is 0 Å². The van der Waals surface area contributed by atoms with E-state index in [-0.39, 0.29) is 6.04 Å². The summed E-state index contributed by atoms with van der Waals surface area (Å²) in [6.45, 7) is 0. The van der Waals surface area contributed by atoms with Gasteiger partial charge in [0.05, 0.1) is 11.7 Å². The molecule has 1 heterocycles. The molecule has 1 unspecified atom stereocenters. The summed E-state index contributed by atoms with van der Waals surface area (Å²) in [7, 11) is 3.87. The smallest absolute Gasteiger partial charge is 0.0839 e. The summed E-state index contributed by atoms with van der Waals surface area (Å²) < 4.78 is 2.90. The van der Waals surface area contributed by atoms with E-state index in [9.17, 15) is 0 Å². The number of halogens is 1. The monoisotopic (exact) mass is 279 g/mol. The Balaban J connectivity index is 2.36. The van der Waals surface area contributed by atoms with Crippen LogP contribution in [0, 0.1) is 0 Å². The van der Waals surface area contributed by atoms with Crippen molar-refractivity contribution in [3.63, 3.8) is 0 Å². The second-order valence-corrected chi connectivity index (χ2v) is 4.61. The highest BCUT2D eigenvalue weighted by atomic mass is 79.9. The molecule has 0 spiro atoms. The highest BCUT2D eigenvalue weighted by Gasteiger charge is 2.14. The summed E-state index contributed by atoms with van der Waals surface area (Å²) in [5.74, 6) is 0. The Hall–Kier alpha value is -1.13. The lowest BCUT2D eigenvalue weighted by Crippen LogP contribution is -2.18. The van der Waals surface area contributed by atoms with E-state index < -0.39 is 0 Å². The van der Waals surface area contributed by atoms with Gasteiger partial charge in [-0.05, 0) is 30.8 Å². The first-order valence-electron chi connectivity index (χ1n) is 5.13. The largest absolute Gasteiger partial charge is 0.308 e. The number of benzene rings is 1. The van der Waals surface area contributed by atoms with E-state index in [0.29, 0.717) is 0 Å². The van der Waals surface area contributed by atoms with Crippen LogP contribution in [0.25, 0.3) is 0 Å². The van der Waals surface area contributed by atoms with Gasteiger partial charge >= 0.3 is 0 Å². The van der Waals surface area contributed by atoms with Crippen molar-refractivity contribution in [3.05, 3.63) is 52.3 Å². The van der Waals surface area contributed by atoms with Crippen LogP contribution >= 0.6 is 15.9 Å². The van der Waals surface area contributed by atoms with Crippen LogP contribution in [0.2, 0.25) is 0 Å². The van der Waals surface area contributed by atoms with Crippen LogP contribution in [0.4, 0.5) is 0 Å². The zero-order chi connectivity index (χ0) is 11.5. The number of rotatable bonds is 3. The molecule has 0 aliphatic rings. The second kappa shape index (κ2) is 4.80. The number of nitrogens with one attached hydrogen (secondary N) is 1. The fourth-order valence-corrected chi connectivity index (χ4v) is 2.18. The number of nitrogens with zero attached hydrogens (tertiary/aromatic N) is 2. The minimum absolute atomic E-state index is 0.138. The Labute approximate surface area is 104 Å². The van der Waals surface area contributed by atoms with Crippen LogP contribution in [-0.4, -0.2) is 16.8 Å². The predicted molar refractivity (Wildman–Crippen MR) is 68.3 cm³/mol.